The molecule has 0 spiro atoms. The van der Waals surface area contributed by atoms with E-state index in [2.05, 4.69) is 4.98 Å². The van der Waals surface area contributed by atoms with Crippen LogP contribution in [-0.2, 0) is 0 Å². The zero-order valence-corrected chi connectivity index (χ0v) is 9.53. The molecule has 0 bridgehead atoms. The Kier molecular flexibility index (Phi) is 2.97. The maximum absolute atomic E-state index is 6.01. The number of hydrogen-bond donors (Lipinski definition) is 1. The van der Waals surface area contributed by atoms with Crippen molar-refractivity contribution in [2.24, 2.45) is 0 Å². The van der Waals surface area contributed by atoms with Crippen molar-refractivity contribution in [2.45, 2.75) is 6.92 Å². The second-order valence-corrected chi connectivity index (χ2v) is 3.81. The van der Waals surface area contributed by atoms with Gasteiger partial charge in [-0.2, -0.15) is 0 Å². The van der Waals surface area contributed by atoms with E-state index in [1.54, 1.807) is 36.7 Å². The number of anilines is 1. The molecule has 3 nitrogen and oxygen atoms in total. The molecule has 1 heterocycles. The third kappa shape index (κ3) is 2.09. The molecule has 0 aliphatic rings. The van der Waals surface area contributed by atoms with Crippen LogP contribution in [0.3, 0.4) is 0 Å². The molecular weight excluding hydrogens is 224 g/mol. The lowest BCUT2D eigenvalue weighted by Crippen LogP contribution is -1.94. The molecule has 0 saturated heterocycles. The van der Waals surface area contributed by atoms with Gasteiger partial charge in [-0.05, 0) is 25.1 Å². The molecule has 0 aliphatic carbocycles. The quantitative estimate of drug-likeness (QED) is 0.810. The van der Waals surface area contributed by atoms with Gasteiger partial charge in [-0.25, -0.2) is 0 Å². The summed E-state index contributed by atoms with van der Waals surface area (Å²) in [4.78, 5) is 3.99. The SMILES string of the molecule is Cc1cnccc1Oc1c(N)cccc1Cl. The van der Waals surface area contributed by atoms with Crippen molar-refractivity contribution in [3.05, 3.63) is 47.2 Å². The zero-order chi connectivity index (χ0) is 11.5. The zero-order valence-electron chi connectivity index (χ0n) is 8.77. The highest BCUT2D eigenvalue weighted by molar-refractivity contribution is 6.32. The highest BCUT2D eigenvalue weighted by Crippen LogP contribution is 2.35. The predicted molar refractivity (Wildman–Crippen MR) is 64.9 cm³/mol. The van der Waals surface area contributed by atoms with Crippen LogP contribution in [0.4, 0.5) is 5.69 Å². The third-order valence-corrected chi connectivity index (χ3v) is 2.48. The molecule has 2 aromatic rings. The number of pyridine rings is 1. The van der Waals surface area contributed by atoms with Crippen LogP contribution in [0, 0.1) is 6.92 Å². The summed E-state index contributed by atoms with van der Waals surface area (Å²) >= 11 is 6.01. The monoisotopic (exact) mass is 234 g/mol. The Morgan fingerprint density at radius 2 is 2.12 bits per heavy atom. The fourth-order valence-corrected chi connectivity index (χ4v) is 1.54. The van der Waals surface area contributed by atoms with Crippen LogP contribution < -0.4 is 10.5 Å². The van der Waals surface area contributed by atoms with Crippen LogP contribution >= 0.6 is 11.6 Å². The number of nitrogen functional groups attached to an aromatic ring is 1. The van der Waals surface area contributed by atoms with Crippen molar-refractivity contribution in [1.82, 2.24) is 4.98 Å². The summed E-state index contributed by atoms with van der Waals surface area (Å²) in [7, 11) is 0. The Labute approximate surface area is 98.8 Å². The first-order valence-corrected chi connectivity index (χ1v) is 5.18. The van der Waals surface area contributed by atoms with E-state index in [-0.39, 0.29) is 0 Å². The fourth-order valence-electron chi connectivity index (χ4n) is 1.32. The number of halogens is 1. The predicted octanol–water partition coefficient (Wildman–Crippen LogP) is 3.42. The molecule has 0 unspecified atom stereocenters. The summed E-state index contributed by atoms with van der Waals surface area (Å²) in [6, 6.07) is 7.05. The Morgan fingerprint density at radius 3 is 2.81 bits per heavy atom. The van der Waals surface area contributed by atoms with Gasteiger partial charge in [-0.1, -0.05) is 17.7 Å². The highest BCUT2D eigenvalue weighted by Gasteiger charge is 2.08. The van der Waals surface area contributed by atoms with Crippen molar-refractivity contribution >= 4 is 17.3 Å². The second-order valence-electron chi connectivity index (χ2n) is 3.40. The van der Waals surface area contributed by atoms with Crippen molar-refractivity contribution in [3.8, 4) is 11.5 Å². The summed E-state index contributed by atoms with van der Waals surface area (Å²) in [6.45, 7) is 1.91. The van der Waals surface area contributed by atoms with Gasteiger partial charge in [0.05, 0.1) is 10.7 Å². The molecule has 1 aromatic carbocycles. The number of aromatic nitrogens is 1. The number of para-hydroxylation sites is 1. The van der Waals surface area contributed by atoms with Gasteiger partial charge in [0.2, 0.25) is 0 Å². The van der Waals surface area contributed by atoms with Crippen LogP contribution in [0.1, 0.15) is 5.56 Å². The van der Waals surface area contributed by atoms with E-state index in [1.165, 1.54) is 0 Å². The van der Waals surface area contributed by atoms with Crippen molar-refractivity contribution in [2.75, 3.05) is 5.73 Å². The molecule has 2 N–H and O–H groups in total. The van der Waals surface area contributed by atoms with Crippen LogP contribution in [0.25, 0.3) is 0 Å². The minimum Gasteiger partial charge on any atom is -0.453 e. The van der Waals surface area contributed by atoms with Gasteiger partial charge in [0.15, 0.2) is 5.75 Å². The van der Waals surface area contributed by atoms with Gasteiger partial charge in [-0.15, -0.1) is 0 Å². The number of nitrogens with two attached hydrogens (primary N) is 1. The fraction of sp³-hybridized carbons (Fsp3) is 0.0833. The van der Waals surface area contributed by atoms with Crippen LogP contribution in [0.5, 0.6) is 11.5 Å². The van der Waals surface area contributed by atoms with E-state index in [4.69, 9.17) is 22.1 Å². The molecule has 0 saturated carbocycles. The summed E-state index contributed by atoms with van der Waals surface area (Å²) < 4.78 is 5.67. The molecular formula is C12H11ClN2O. The number of ether oxygens (including phenoxy) is 1. The maximum Gasteiger partial charge on any atom is 0.168 e. The van der Waals surface area contributed by atoms with Crippen LogP contribution in [0.15, 0.2) is 36.7 Å². The summed E-state index contributed by atoms with van der Waals surface area (Å²) in [5.74, 6) is 1.19. The molecule has 0 aliphatic heterocycles. The first-order chi connectivity index (χ1) is 7.68. The largest absolute Gasteiger partial charge is 0.453 e. The topological polar surface area (TPSA) is 48.1 Å². The summed E-state index contributed by atoms with van der Waals surface area (Å²) in [5, 5.41) is 0.496. The normalized spacial score (nSPS) is 10.1. The van der Waals surface area contributed by atoms with Gasteiger partial charge in [0.25, 0.3) is 0 Å². The lowest BCUT2D eigenvalue weighted by molar-refractivity contribution is 0.480. The minimum absolute atomic E-state index is 0.485. The summed E-state index contributed by atoms with van der Waals surface area (Å²) in [5.41, 5.74) is 7.24. The lowest BCUT2D eigenvalue weighted by Gasteiger charge is -2.11. The molecule has 82 valence electrons. The van der Waals surface area contributed by atoms with Gasteiger partial charge in [0, 0.05) is 18.0 Å². The minimum atomic E-state index is 0.485. The van der Waals surface area contributed by atoms with E-state index >= 15 is 0 Å². The Hall–Kier alpha value is -1.74. The average Bonchev–Trinajstić information content (AvgIpc) is 2.26. The Bertz CT molecular complexity index is 494. The Morgan fingerprint density at radius 1 is 1.31 bits per heavy atom. The van der Waals surface area contributed by atoms with Gasteiger partial charge >= 0.3 is 0 Å². The van der Waals surface area contributed by atoms with Crippen molar-refractivity contribution in [3.63, 3.8) is 0 Å². The van der Waals surface area contributed by atoms with Crippen LogP contribution in [-0.4, -0.2) is 4.98 Å². The van der Waals surface area contributed by atoms with Gasteiger partial charge < -0.3 is 10.5 Å². The first kappa shape index (κ1) is 10.8. The average molecular weight is 235 g/mol. The standard InChI is InChI=1S/C12H11ClN2O/c1-8-7-15-6-5-11(8)16-12-9(13)3-2-4-10(12)14/h2-7H,14H2,1H3. The molecule has 0 radical (unpaired) electrons. The smallest absolute Gasteiger partial charge is 0.168 e. The number of rotatable bonds is 2. The van der Waals surface area contributed by atoms with Crippen molar-refractivity contribution in [1.29, 1.82) is 0 Å². The lowest BCUT2D eigenvalue weighted by atomic mass is 10.2. The number of nitrogens with zero attached hydrogens (tertiary/aromatic N) is 1. The van der Waals surface area contributed by atoms with Gasteiger partial charge in [-0.3, -0.25) is 4.98 Å². The van der Waals surface area contributed by atoms with Gasteiger partial charge in [0.1, 0.15) is 5.75 Å². The maximum atomic E-state index is 6.01. The number of benzene rings is 1. The molecule has 4 heteroatoms. The first-order valence-electron chi connectivity index (χ1n) is 4.81. The van der Waals surface area contributed by atoms with E-state index in [1.807, 2.05) is 6.92 Å². The molecule has 0 amide bonds. The number of aryl methyl sites for hydroxylation is 1. The van der Waals surface area contributed by atoms with E-state index < -0.39 is 0 Å². The van der Waals surface area contributed by atoms with E-state index in [0.29, 0.717) is 22.2 Å². The molecule has 0 atom stereocenters. The molecule has 0 fully saturated rings. The highest BCUT2D eigenvalue weighted by atomic mass is 35.5. The summed E-state index contributed by atoms with van der Waals surface area (Å²) in [6.07, 6.45) is 3.39. The van der Waals surface area contributed by atoms with Crippen LogP contribution in [0.2, 0.25) is 5.02 Å². The van der Waals surface area contributed by atoms with E-state index in [0.717, 1.165) is 5.56 Å². The molecule has 16 heavy (non-hydrogen) atoms. The van der Waals surface area contributed by atoms with E-state index in [9.17, 15) is 0 Å². The molecule has 2 rings (SSSR count). The number of hydrogen-bond acceptors (Lipinski definition) is 3. The third-order valence-electron chi connectivity index (χ3n) is 2.18. The second kappa shape index (κ2) is 4.41. The Balaban J connectivity index is 2.38. The van der Waals surface area contributed by atoms with Crippen molar-refractivity contribution < 1.29 is 4.74 Å². The molecule has 1 aromatic heterocycles.